The third kappa shape index (κ3) is 3.79. The normalized spacial score (nSPS) is 20.3. The fraction of sp³-hybridized carbons (Fsp3) is 0.250. The largest absolute Gasteiger partial charge is 0.457 e. The Labute approximate surface area is 180 Å². The van der Waals surface area contributed by atoms with E-state index < -0.39 is 5.92 Å². The number of halogens is 1. The molecule has 2 N–H and O–H groups in total. The second kappa shape index (κ2) is 7.55. The van der Waals surface area contributed by atoms with E-state index in [0.717, 1.165) is 5.56 Å². The van der Waals surface area contributed by atoms with Gasteiger partial charge in [0.1, 0.15) is 28.9 Å². The summed E-state index contributed by atoms with van der Waals surface area (Å²) in [6, 6.07) is 16.5. The predicted octanol–water partition coefficient (Wildman–Crippen LogP) is 5.58. The van der Waals surface area contributed by atoms with Crippen molar-refractivity contribution in [3.63, 3.8) is 0 Å². The average Bonchev–Trinajstić information content (AvgIpc) is 2.68. The lowest BCUT2D eigenvalue weighted by Gasteiger charge is -2.37. The number of carbonyl (C=O) groups is 1. The molecule has 152 valence electrons. The Balaban J connectivity index is 1.76. The number of hydrogen-bond donors (Lipinski definition) is 1. The summed E-state index contributed by atoms with van der Waals surface area (Å²) in [6.45, 7) is 4.04. The van der Waals surface area contributed by atoms with Crippen molar-refractivity contribution in [1.29, 1.82) is 5.26 Å². The van der Waals surface area contributed by atoms with Gasteiger partial charge in [-0.05, 0) is 47.4 Å². The molecule has 2 aromatic carbocycles. The summed E-state index contributed by atoms with van der Waals surface area (Å²) in [7, 11) is 0. The number of hydrogen-bond acceptors (Lipinski definition) is 5. The summed E-state index contributed by atoms with van der Waals surface area (Å²) >= 11 is 5.93. The van der Waals surface area contributed by atoms with Crippen LogP contribution in [0.1, 0.15) is 38.2 Å². The molecule has 1 heterocycles. The van der Waals surface area contributed by atoms with Gasteiger partial charge in [-0.25, -0.2) is 0 Å². The molecule has 6 heteroatoms. The van der Waals surface area contributed by atoms with Crippen molar-refractivity contribution in [3.05, 3.63) is 81.9 Å². The summed E-state index contributed by atoms with van der Waals surface area (Å²) < 4.78 is 11.7. The predicted molar refractivity (Wildman–Crippen MR) is 114 cm³/mol. The maximum Gasteiger partial charge on any atom is 0.205 e. The molecule has 0 saturated heterocycles. The fourth-order valence-electron chi connectivity index (χ4n) is 4.01. The van der Waals surface area contributed by atoms with Crippen molar-refractivity contribution in [2.45, 2.75) is 32.6 Å². The van der Waals surface area contributed by atoms with Gasteiger partial charge < -0.3 is 15.2 Å². The maximum atomic E-state index is 13.0. The van der Waals surface area contributed by atoms with Crippen LogP contribution >= 0.6 is 11.6 Å². The van der Waals surface area contributed by atoms with Gasteiger partial charge in [0.05, 0.1) is 5.92 Å². The van der Waals surface area contributed by atoms with Crippen LogP contribution in [0, 0.1) is 16.7 Å². The lowest BCUT2D eigenvalue weighted by atomic mass is 9.70. The Bertz CT molecular complexity index is 1120. The van der Waals surface area contributed by atoms with Gasteiger partial charge in [0.2, 0.25) is 5.88 Å². The number of carbonyl (C=O) groups excluding carboxylic acids is 1. The number of rotatable bonds is 3. The molecule has 1 aliphatic carbocycles. The highest BCUT2D eigenvalue weighted by Gasteiger charge is 2.43. The third-order valence-corrected chi connectivity index (χ3v) is 5.57. The number of ether oxygens (including phenoxy) is 2. The number of nitrogens with zero attached hydrogens (tertiary/aromatic N) is 1. The zero-order chi connectivity index (χ0) is 21.5. The summed E-state index contributed by atoms with van der Waals surface area (Å²) in [4.78, 5) is 13.0. The minimum atomic E-state index is -0.573. The summed E-state index contributed by atoms with van der Waals surface area (Å²) in [5.74, 6) is 1.24. The molecular weight excluding hydrogens is 400 g/mol. The molecule has 0 bridgehead atoms. The molecule has 0 radical (unpaired) electrons. The number of allylic oxidation sites excluding steroid dienone is 3. The van der Waals surface area contributed by atoms with Crippen LogP contribution < -0.4 is 10.5 Å². The zero-order valence-corrected chi connectivity index (χ0v) is 17.5. The van der Waals surface area contributed by atoms with Crippen LogP contribution in [-0.2, 0) is 9.53 Å². The van der Waals surface area contributed by atoms with Gasteiger partial charge in [-0.3, -0.25) is 4.79 Å². The highest BCUT2D eigenvalue weighted by Crippen LogP contribution is 2.48. The van der Waals surface area contributed by atoms with Crippen LogP contribution in [0.4, 0.5) is 0 Å². The quantitative estimate of drug-likeness (QED) is 0.700. The van der Waals surface area contributed by atoms with Gasteiger partial charge in [-0.1, -0.05) is 37.6 Å². The molecule has 1 aliphatic heterocycles. The lowest BCUT2D eigenvalue weighted by Crippen LogP contribution is -2.33. The maximum absolute atomic E-state index is 13.0. The first-order chi connectivity index (χ1) is 14.3. The first kappa shape index (κ1) is 20.1. The minimum Gasteiger partial charge on any atom is -0.457 e. The molecule has 2 aromatic rings. The van der Waals surface area contributed by atoms with Crippen molar-refractivity contribution in [2.75, 3.05) is 0 Å². The van der Waals surface area contributed by atoms with Gasteiger partial charge in [-0.2, -0.15) is 5.26 Å². The summed E-state index contributed by atoms with van der Waals surface area (Å²) in [5, 5.41) is 10.4. The van der Waals surface area contributed by atoms with Crippen LogP contribution in [0.15, 0.2) is 71.3 Å². The molecular formula is C24H21ClN2O3. The summed E-state index contributed by atoms with van der Waals surface area (Å²) in [6.07, 6.45) is 0.982. The van der Waals surface area contributed by atoms with Crippen LogP contribution in [0.3, 0.4) is 0 Å². The van der Waals surface area contributed by atoms with E-state index >= 15 is 0 Å². The molecule has 0 fully saturated rings. The van der Waals surface area contributed by atoms with Crippen molar-refractivity contribution < 1.29 is 14.3 Å². The number of benzene rings is 2. The second-order valence-corrected chi connectivity index (χ2v) is 8.77. The van der Waals surface area contributed by atoms with Gasteiger partial charge in [0.15, 0.2) is 5.78 Å². The molecule has 4 rings (SSSR count). The van der Waals surface area contributed by atoms with Gasteiger partial charge >= 0.3 is 0 Å². The van der Waals surface area contributed by atoms with Crippen molar-refractivity contribution in [2.24, 2.45) is 11.1 Å². The highest BCUT2D eigenvalue weighted by molar-refractivity contribution is 6.30. The summed E-state index contributed by atoms with van der Waals surface area (Å²) in [5.41, 5.74) is 7.37. The van der Waals surface area contributed by atoms with E-state index in [0.29, 0.717) is 40.7 Å². The van der Waals surface area contributed by atoms with Gasteiger partial charge in [0.25, 0.3) is 0 Å². The van der Waals surface area contributed by atoms with Crippen molar-refractivity contribution in [3.8, 4) is 17.6 Å². The van der Waals surface area contributed by atoms with E-state index in [1.807, 2.05) is 38.1 Å². The topological polar surface area (TPSA) is 85.3 Å². The van der Waals surface area contributed by atoms with Crippen molar-refractivity contribution >= 4 is 17.4 Å². The first-order valence-corrected chi connectivity index (χ1v) is 10.0. The molecule has 1 atom stereocenters. The number of nitrogens with two attached hydrogens (primary N) is 1. The molecule has 30 heavy (non-hydrogen) atoms. The van der Waals surface area contributed by atoms with Gasteiger partial charge in [0, 0.05) is 23.4 Å². The van der Waals surface area contributed by atoms with E-state index in [9.17, 15) is 10.1 Å². The highest BCUT2D eigenvalue weighted by atomic mass is 35.5. The minimum absolute atomic E-state index is 0.0180. The smallest absolute Gasteiger partial charge is 0.205 e. The van der Waals surface area contributed by atoms with Crippen molar-refractivity contribution in [1.82, 2.24) is 0 Å². The molecule has 0 amide bonds. The lowest BCUT2D eigenvalue weighted by molar-refractivity contribution is -0.119. The third-order valence-electron chi connectivity index (χ3n) is 5.32. The van der Waals surface area contributed by atoms with Gasteiger partial charge in [-0.15, -0.1) is 0 Å². The molecule has 0 aromatic heterocycles. The standard InChI is InChI=1S/C24H21ClN2O3/c1-24(2)11-19(28)22-20(12-24)30-23(27)18(13-26)21(22)14-4-3-5-17(10-14)29-16-8-6-15(25)7-9-16/h3-10,21H,11-12,27H2,1-2H3/t21-/m0/s1. The van der Waals surface area contributed by atoms with Crippen LogP contribution in [0.5, 0.6) is 11.5 Å². The Kier molecular flexibility index (Phi) is 5.05. The molecule has 2 aliphatic rings. The van der Waals surface area contributed by atoms with E-state index in [2.05, 4.69) is 6.07 Å². The van der Waals surface area contributed by atoms with Crippen LogP contribution in [0.2, 0.25) is 5.02 Å². The van der Waals surface area contributed by atoms with Crippen LogP contribution in [0.25, 0.3) is 0 Å². The number of Topliss-reactive ketones (excluding diaryl/α,β-unsaturated/α-hetero) is 1. The second-order valence-electron chi connectivity index (χ2n) is 8.33. The van der Waals surface area contributed by atoms with E-state index in [4.69, 9.17) is 26.8 Å². The first-order valence-electron chi connectivity index (χ1n) is 9.64. The van der Waals surface area contributed by atoms with E-state index in [1.54, 1.807) is 24.3 Å². The van der Waals surface area contributed by atoms with E-state index in [1.165, 1.54) is 0 Å². The monoisotopic (exact) mass is 420 g/mol. The van der Waals surface area contributed by atoms with E-state index in [-0.39, 0.29) is 22.7 Å². The molecule has 0 spiro atoms. The number of nitriles is 1. The molecule has 0 unspecified atom stereocenters. The Hall–Kier alpha value is -3.23. The average molecular weight is 421 g/mol. The zero-order valence-electron chi connectivity index (χ0n) is 16.7. The van der Waals surface area contributed by atoms with Crippen LogP contribution in [-0.4, -0.2) is 5.78 Å². The SMILES string of the molecule is CC1(C)CC(=O)C2=C(C1)OC(N)=C(C#N)[C@@H]2c1cccc(Oc2ccc(Cl)cc2)c1. The molecule has 0 saturated carbocycles. The Morgan fingerprint density at radius 2 is 1.90 bits per heavy atom. The Morgan fingerprint density at radius 1 is 1.17 bits per heavy atom. The molecule has 5 nitrogen and oxygen atoms in total. The number of ketones is 1. The Morgan fingerprint density at radius 3 is 2.60 bits per heavy atom. The fourth-order valence-corrected chi connectivity index (χ4v) is 4.14.